The molecule has 2 amide bonds. The largest absolute Gasteiger partial charge is 0.504 e. The van der Waals surface area contributed by atoms with Crippen molar-refractivity contribution in [1.29, 1.82) is 0 Å². The zero-order valence-electron chi connectivity index (χ0n) is 24.9. The van der Waals surface area contributed by atoms with Gasteiger partial charge in [0.05, 0.1) is 6.54 Å². The summed E-state index contributed by atoms with van der Waals surface area (Å²) < 4.78 is 1.89. The molecular formula is C31H29N6O9S+. The molecule has 4 aromatic rings. The number of likely N-dealkylation sites (tertiary alicyclic amines) is 1. The van der Waals surface area contributed by atoms with E-state index in [0.29, 0.717) is 12.1 Å². The van der Waals surface area contributed by atoms with Crippen LogP contribution in [0.25, 0.3) is 16.8 Å². The summed E-state index contributed by atoms with van der Waals surface area (Å²) in [6, 6.07) is 10.7. The Morgan fingerprint density at radius 3 is 2.43 bits per heavy atom. The minimum Gasteiger partial charge on any atom is -0.504 e. The molecule has 15 nitrogen and oxygen atoms in total. The molecule has 1 atom stereocenters. The lowest BCUT2D eigenvalue weighted by atomic mass is 10.0. The standard InChI is InChI=1S/C31H28N6O9S/c1-31(2,29(44)45)46-35-25(21-15-47-30(32)34-21)26(40)33-20-14-37(27(20)41)22(28(42)43)9-16-3-5-17(6-4-16)12-36-8-7-18-10-23(38)24(39)11-19(18)13-36/h3-11,13,15,20H,12,14H2,1-2H3,(H6,32,33,34,39,40,42,43,44,45)/p+1/b22-9-,35-25-/t20-/m0/s1. The van der Waals surface area contributed by atoms with Crippen molar-refractivity contribution in [3.8, 4) is 11.5 Å². The van der Waals surface area contributed by atoms with Crippen LogP contribution in [0.4, 0.5) is 5.13 Å². The number of aliphatic carboxylic acids is 2. The molecule has 16 heteroatoms. The summed E-state index contributed by atoms with van der Waals surface area (Å²) in [4.78, 5) is 59.7. The third kappa shape index (κ3) is 7.12. The van der Waals surface area contributed by atoms with Crippen LogP contribution < -0.4 is 15.6 Å². The van der Waals surface area contributed by atoms with Crippen molar-refractivity contribution >= 4 is 62.8 Å². The number of benzene rings is 2. The van der Waals surface area contributed by atoms with Crippen LogP contribution in [0.15, 0.2) is 71.1 Å². The Balaban J connectivity index is 1.26. The summed E-state index contributed by atoms with van der Waals surface area (Å²) in [5, 5.41) is 47.9. The summed E-state index contributed by atoms with van der Waals surface area (Å²) in [7, 11) is 0. The smallest absolute Gasteiger partial charge is 0.352 e. The first-order valence-electron chi connectivity index (χ1n) is 13.9. The monoisotopic (exact) mass is 661 g/mol. The van der Waals surface area contributed by atoms with Gasteiger partial charge in [-0.3, -0.25) is 9.59 Å². The highest BCUT2D eigenvalue weighted by molar-refractivity contribution is 7.13. The number of hydrogen-bond donors (Lipinski definition) is 6. The maximum atomic E-state index is 13.1. The van der Waals surface area contributed by atoms with Crippen molar-refractivity contribution < 1.29 is 49.0 Å². The molecule has 1 saturated heterocycles. The zero-order chi connectivity index (χ0) is 34.0. The summed E-state index contributed by atoms with van der Waals surface area (Å²) in [6.45, 7) is 2.78. The fourth-order valence-corrected chi connectivity index (χ4v) is 5.03. The number of nitrogens with two attached hydrogens (primary N) is 1. The summed E-state index contributed by atoms with van der Waals surface area (Å²) in [6.07, 6.45) is 4.98. The highest BCUT2D eigenvalue weighted by Gasteiger charge is 2.42. The van der Waals surface area contributed by atoms with Gasteiger partial charge in [0, 0.05) is 22.4 Å². The van der Waals surface area contributed by atoms with E-state index in [4.69, 9.17) is 10.6 Å². The highest BCUT2D eigenvalue weighted by Crippen LogP contribution is 2.29. The number of aromatic nitrogens is 2. The molecule has 3 heterocycles. The van der Waals surface area contributed by atoms with Gasteiger partial charge in [-0.15, -0.1) is 11.3 Å². The Morgan fingerprint density at radius 1 is 1.15 bits per heavy atom. The van der Waals surface area contributed by atoms with Gasteiger partial charge < -0.3 is 41.2 Å². The maximum Gasteiger partial charge on any atom is 0.352 e. The second-order valence-electron chi connectivity index (χ2n) is 11.1. The molecule has 0 saturated carbocycles. The first-order valence-corrected chi connectivity index (χ1v) is 14.8. The minimum atomic E-state index is -1.78. The molecule has 0 spiro atoms. The molecule has 7 N–H and O–H groups in total. The van der Waals surface area contributed by atoms with Gasteiger partial charge in [-0.25, -0.2) is 19.1 Å². The number of carbonyl (C=O) groups excluding carboxylic acids is 2. The lowest BCUT2D eigenvalue weighted by Crippen LogP contribution is -2.64. The number of amides is 2. The fourth-order valence-electron chi connectivity index (χ4n) is 4.48. The molecule has 0 aliphatic carbocycles. The minimum absolute atomic E-state index is 0.00276. The van der Waals surface area contributed by atoms with Gasteiger partial charge >= 0.3 is 11.9 Å². The Kier molecular flexibility index (Phi) is 8.79. The van der Waals surface area contributed by atoms with Crippen LogP contribution in [0.2, 0.25) is 0 Å². The lowest BCUT2D eigenvalue weighted by Gasteiger charge is -2.38. The van der Waals surface area contributed by atoms with E-state index in [1.165, 1.54) is 37.4 Å². The predicted molar refractivity (Wildman–Crippen MR) is 168 cm³/mol. The summed E-state index contributed by atoms with van der Waals surface area (Å²) in [5.74, 6) is -4.69. The Hall–Kier alpha value is -6.03. The van der Waals surface area contributed by atoms with E-state index in [0.717, 1.165) is 32.6 Å². The number of nitrogen functional groups attached to an aromatic ring is 1. The number of nitrogens with zero attached hydrogens (tertiary/aromatic N) is 4. The topological polar surface area (TPSA) is 229 Å². The Labute approximate surface area is 270 Å². The van der Waals surface area contributed by atoms with Crippen molar-refractivity contribution in [1.82, 2.24) is 15.2 Å². The van der Waals surface area contributed by atoms with Crippen LogP contribution in [0.1, 0.15) is 30.7 Å². The normalized spacial score (nSPS) is 15.3. The molecule has 47 heavy (non-hydrogen) atoms. The molecular weight excluding hydrogens is 632 g/mol. The molecule has 2 aromatic heterocycles. The van der Waals surface area contributed by atoms with E-state index in [1.807, 2.05) is 17.0 Å². The molecule has 1 aliphatic heterocycles. The number of pyridine rings is 1. The van der Waals surface area contributed by atoms with Crippen LogP contribution >= 0.6 is 11.3 Å². The van der Waals surface area contributed by atoms with E-state index in [1.54, 1.807) is 30.3 Å². The van der Waals surface area contributed by atoms with Gasteiger partial charge in [0.2, 0.25) is 5.60 Å². The number of fused-ring (bicyclic) bond motifs is 1. The maximum absolute atomic E-state index is 13.1. The number of carboxylic acid groups (broad SMARTS) is 2. The molecule has 5 rings (SSSR count). The first kappa shape index (κ1) is 32.4. The van der Waals surface area contributed by atoms with E-state index < -0.39 is 41.1 Å². The molecule has 0 radical (unpaired) electrons. The second kappa shape index (κ2) is 12.8. The van der Waals surface area contributed by atoms with E-state index in [-0.39, 0.29) is 34.6 Å². The number of anilines is 1. The SMILES string of the molecule is CC(C)(O/N=C(\C(=O)N[C@H]1CN(/C(=C\c2ccc(C[n+]3ccc4cc(O)c(O)cc4c3)cc2)C(=O)O)C1=O)c1csc(N)n1)C(=O)O. The summed E-state index contributed by atoms with van der Waals surface area (Å²) in [5.41, 5.74) is 4.60. The Morgan fingerprint density at radius 2 is 1.83 bits per heavy atom. The van der Waals surface area contributed by atoms with Gasteiger partial charge in [0.25, 0.3) is 11.8 Å². The summed E-state index contributed by atoms with van der Waals surface area (Å²) >= 11 is 1.01. The van der Waals surface area contributed by atoms with Gasteiger partial charge in [-0.2, -0.15) is 0 Å². The van der Waals surface area contributed by atoms with Gasteiger partial charge in [0.15, 0.2) is 41.3 Å². The first-order chi connectivity index (χ1) is 22.2. The number of aromatic hydroxyl groups is 2. The zero-order valence-corrected chi connectivity index (χ0v) is 25.8. The molecule has 0 bridgehead atoms. The van der Waals surface area contributed by atoms with E-state index >= 15 is 0 Å². The van der Waals surface area contributed by atoms with Crippen LogP contribution in [-0.4, -0.2) is 78.0 Å². The van der Waals surface area contributed by atoms with Crippen molar-refractivity contribution in [2.24, 2.45) is 5.16 Å². The molecule has 0 unspecified atom stereocenters. The van der Waals surface area contributed by atoms with Crippen LogP contribution in [0.3, 0.4) is 0 Å². The number of oxime groups is 1. The predicted octanol–water partition coefficient (Wildman–Crippen LogP) is 1.66. The molecule has 2 aromatic carbocycles. The van der Waals surface area contributed by atoms with Crippen molar-refractivity contribution in [2.75, 3.05) is 12.3 Å². The number of carboxylic acids is 2. The third-order valence-corrected chi connectivity index (χ3v) is 7.86. The quantitative estimate of drug-likeness (QED) is 0.0338. The molecule has 1 fully saturated rings. The van der Waals surface area contributed by atoms with Gasteiger partial charge in [-0.05, 0) is 43.0 Å². The number of phenols is 2. The third-order valence-electron chi connectivity index (χ3n) is 7.18. The molecule has 1 aliphatic rings. The number of β-lactam (4-membered cyclic amide) rings is 1. The number of rotatable bonds is 11. The highest BCUT2D eigenvalue weighted by atomic mass is 32.1. The average Bonchev–Trinajstić information content (AvgIpc) is 3.45. The lowest BCUT2D eigenvalue weighted by molar-refractivity contribution is -0.687. The number of carbonyl (C=O) groups is 4. The average molecular weight is 662 g/mol. The number of nitrogens with one attached hydrogen (secondary N) is 1. The van der Waals surface area contributed by atoms with Crippen LogP contribution in [0.5, 0.6) is 11.5 Å². The van der Waals surface area contributed by atoms with E-state index in [2.05, 4.69) is 15.5 Å². The van der Waals surface area contributed by atoms with Crippen molar-refractivity contribution in [3.63, 3.8) is 0 Å². The van der Waals surface area contributed by atoms with Gasteiger partial charge in [-0.1, -0.05) is 29.4 Å². The van der Waals surface area contributed by atoms with Crippen molar-refractivity contribution in [2.45, 2.75) is 32.0 Å². The Bertz CT molecular complexity index is 1970. The molecule has 242 valence electrons. The number of thiazole rings is 1. The van der Waals surface area contributed by atoms with E-state index in [9.17, 15) is 39.6 Å². The van der Waals surface area contributed by atoms with Crippen LogP contribution in [0, 0.1) is 0 Å². The van der Waals surface area contributed by atoms with Crippen molar-refractivity contribution in [3.05, 3.63) is 82.8 Å². The fraction of sp³-hybridized carbons (Fsp3) is 0.194. The second-order valence-corrected chi connectivity index (χ2v) is 11.9. The number of phenolic OH excluding ortho intramolecular Hbond substituents is 2. The number of hydrogen-bond acceptors (Lipinski definition) is 11. The van der Waals surface area contributed by atoms with Crippen LogP contribution in [-0.2, 0) is 30.6 Å². The van der Waals surface area contributed by atoms with Gasteiger partial charge in [0.1, 0.15) is 17.4 Å².